The predicted octanol–water partition coefficient (Wildman–Crippen LogP) is 6.60. The van der Waals surface area contributed by atoms with Gasteiger partial charge in [-0.2, -0.15) is 0 Å². The molecule has 3 fully saturated rings. The third kappa shape index (κ3) is 13.2. The van der Waals surface area contributed by atoms with Gasteiger partial charge in [0, 0.05) is 70.3 Å². The highest BCUT2D eigenvalue weighted by molar-refractivity contribution is 5.81. The summed E-state index contributed by atoms with van der Waals surface area (Å²) in [6.07, 6.45) is 5.50. The van der Waals surface area contributed by atoms with Crippen LogP contribution in [0, 0.1) is 11.8 Å². The molecule has 0 bridgehead atoms. The van der Waals surface area contributed by atoms with E-state index in [4.69, 9.17) is 23.7 Å². The van der Waals surface area contributed by atoms with Crippen LogP contribution in [-0.4, -0.2) is 111 Å². The first-order chi connectivity index (χ1) is 26.1. The van der Waals surface area contributed by atoms with Gasteiger partial charge in [0.1, 0.15) is 23.7 Å². The van der Waals surface area contributed by atoms with Crippen molar-refractivity contribution in [3.05, 3.63) is 65.7 Å². The van der Waals surface area contributed by atoms with Gasteiger partial charge in [0.2, 0.25) is 0 Å². The average molecular weight is 749 g/mol. The second-order valence-electron chi connectivity index (χ2n) is 15.8. The molecule has 2 amide bonds. The van der Waals surface area contributed by atoms with Crippen molar-refractivity contribution in [2.24, 2.45) is 11.8 Å². The van der Waals surface area contributed by atoms with E-state index in [0.717, 1.165) is 25.0 Å². The number of likely N-dealkylation sites (tertiary alicyclic amines) is 2. The number of hydrogen-bond donors (Lipinski definition) is 0. The number of carbonyl (C=O) groups is 4. The SMILES string of the molecule is CC(C)(C)OC(=O)CCCOCCOCCC(=O)CCCOc1cccc([C@H](c2ccccc2)C2CCN(C(=O)N3CC[C@@H]4OCC(=O)C[C@@H]4C3)CC2)c1. The van der Waals surface area contributed by atoms with Crippen LogP contribution in [0.25, 0.3) is 0 Å². The first-order valence-corrected chi connectivity index (χ1v) is 19.9. The van der Waals surface area contributed by atoms with E-state index in [9.17, 15) is 19.2 Å². The molecule has 3 saturated heterocycles. The summed E-state index contributed by atoms with van der Waals surface area (Å²) >= 11 is 0. The number of ether oxygens (including phenoxy) is 5. The second kappa shape index (κ2) is 20.8. The Morgan fingerprint density at radius 1 is 0.796 bits per heavy atom. The molecule has 0 aromatic heterocycles. The maximum absolute atomic E-state index is 13.6. The zero-order valence-corrected chi connectivity index (χ0v) is 32.5. The summed E-state index contributed by atoms with van der Waals surface area (Å²) in [5.41, 5.74) is 1.96. The highest BCUT2D eigenvalue weighted by atomic mass is 16.6. The molecule has 3 aliphatic heterocycles. The van der Waals surface area contributed by atoms with Crippen molar-refractivity contribution in [2.75, 3.05) is 65.8 Å². The highest BCUT2D eigenvalue weighted by Gasteiger charge is 2.39. The number of carbonyl (C=O) groups excluding carboxylic acids is 4. The number of esters is 1. The van der Waals surface area contributed by atoms with Crippen molar-refractivity contribution >= 4 is 23.6 Å². The maximum Gasteiger partial charge on any atom is 0.320 e. The minimum absolute atomic E-state index is 0.0809. The summed E-state index contributed by atoms with van der Waals surface area (Å²) in [6.45, 7) is 10.5. The van der Waals surface area contributed by atoms with Gasteiger partial charge < -0.3 is 33.5 Å². The number of nitrogens with zero attached hydrogens (tertiary/aromatic N) is 2. The van der Waals surface area contributed by atoms with Crippen molar-refractivity contribution in [3.8, 4) is 5.75 Å². The van der Waals surface area contributed by atoms with Gasteiger partial charge in [-0.15, -0.1) is 0 Å². The lowest BCUT2D eigenvalue weighted by Gasteiger charge is -2.43. The fourth-order valence-corrected chi connectivity index (χ4v) is 7.77. The monoisotopic (exact) mass is 748 g/mol. The number of piperidine rings is 2. The Kier molecular flexibility index (Phi) is 15.9. The third-order valence-corrected chi connectivity index (χ3v) is 10.4. The van der Waals surface area contributed by atoms with Crippen LogP contribution in [-0.2, 0) is 33.3 Å². The van der Waals surface area contributed by atoms with E-state index in [1.165, 1.54) is 11.1 Å². The molecule has 3 aliphatic rings. The molecule has 2 aromatic carbocycles. The van der Waals surface area contributed by atoms with Crippen LogP contribution in [0.4, 0.5) is 4.79 Å². The Bertz CT molecular complexity index is 1500. The number of benzene rings is 2. The van der Waals surface area contributed by atoms with Gasteiger partial charge in [-0.05, 0) is 82.1 Å². The van der Waals surface area contributed by atoms with E-state index in [1.54, 1.807) is 0 Å². The summed E-state index contributed by atoms with van der Waals surface area (Å²) < 4.78 is 28.2. The fourth-order valence-electron chi connectivity index (χ4n) is 7.77. The summed E-state index contributed by atoms with van der Waals surface area (Å²) in [6, 6.07) is 19.0. The predicted molar refractivity (Wildman–Crippen MR) is 205 cm³/mol. The number of rotatable bonds is 18. The minimum Gasteiger partial charge on any atom is -0.494 e. The molecule has 5 rings (SSSR count). The zero-order chi connectivity index (χ0) is 38.3. The molecule has 11 nitrogen and oxygen atoms in total. The van der Waals surface area contributed by atoms with E-state index in [2.05, 4.69) is 36.4 Å². The molecule has 3 heterocycles. The van der Waals surface area contributed by atoms with Crippen LogP contribution in [0.3, 0.4) is 0 Å². The molecule has 0 aliphatic carbocycles. The van der Waals surface area contributed by atoms with Gasteiger partial charge in [0.05, 0.1) is 32.5 Å². The van der Waals surface area contributed by atoms with Gasteiger partial charge in [0.25, 0.3) is 0 Å². The van der Waals surface area contributed by atoms with Crippen molar-refractivity contribution in [3.63, 3.8) is 0 Å². The molecule has 0 saturated carbocycles. The molecule has 11 heteroatoms. The van der Waals surface area contributed by atoms with Gasteiger partial charge in [-0.3, -0.25) is 14.4 Å². The first kappa shape index (κ1) is 41.4. The number of ketones is 2. The topological polar surface area (TPSA) is 121 Å². The van der Waals surface area contributed by atoms with Gasteiger partial charge in [-0.25, -0.2) is 4.79 Å². The highest BCUT2D eigenvalue weighted by Crippen LogP contribution is 2.39. The van der Waals surface area contributed by atoms with E-state index in [0.29, 0.717) is 104 Å². The Morgan fingerprint density at radius 3 is 2.26 bits per heavy atom. The summed E-state index contributed by atoms with van der Waals surface area (Å²) in [4.78, 5) is 53.6. The Morgan fingerprint density at radius 2 is 1.50 bits per heavy atom. The van der Waals surface area contributed by atoms with Crippen molar-refractivity contribution in [1.82, 2.24) is 9.80 Å². The Hall–Kier alpha value is -3.80. The second-order valence-corrected chi connectivity index (χ2v) is 15.8. The van der Waals surface area contributed by atoms with Crippen LogP contribution >= 0.6 is 0 Å². The van der Waals surface area contributed by atoms with Gasteiger partial charge in [0.15, 0.2) is 5.78 Å². The van der Waals surface area contributed by atoms with Crippen LogP contribution in [0.2, 0.25) is 0 Å². The number of urea groups is 1. The molecule has 0 radical (unpaired) electrons. The van der Waals surface area contributed by atoms with Crippen LogP contribution < -0.4 is 4.74 Å². The van der Waals surface area contributed by atoms with Crippen LogP contribution in [0.1, 0.15) is 95.6 Å². The smallest absolute Gasteiger partial charge is 0.320 e. The molecule has 0 spiro atoms. The van der Waals surface area contributed by atoms with Crippen molar-refractivity contribution < 1.29 is 42.9 Å². The first-order valence-electron chi connectivity index (χ1n) is 19.9. The summed E-state index contributed by atoms with van der Waals surface area (Å²) in [5, 5.41) is 0. The summed E-state index contributed by atoms with van der Waals surface area (Å²) in [7, 11) is 0. The quantitative estimate of drug-likeness (QED) is 0.123. The average Bonchev–Trinajstić information content (AvgIpc) is 3.15. The van der Waals surface area contributed by atoms with Crippen LogP contribution in [0.5, 0.6) is 5.75 Å². The minimum atomic E-state index is -0.476. The van der Waals surface area contributed by atoms with Gasteiger partial charge in [-0.1, -0.05) is 42.5 Å². The molecular weight excluding hydrogens is 688 g/mol. The van der Waals surface area contributed by atoms with E-state index < -0.39 is 5.60 Å². The molecule has 2 aromatic rings. The molecule has 0 N–H and O–H groups in total. The van der Waals surface area contributed by atoms with Crippen LogP contribution in [0.15, 0.2) is 54.6 Å². The van der Waals surface area contributed by atoms with E-state index >= 15 is 0 Å². The van der Waals surface area contributed by atoms with E-state index in [1.807, 2.05) is 48.8 Å². The standard InChI is InChI=1S/C43H60N2O9/c1-43(2,3)54-40(48)15-9-23-50-26-27-51-25-19-36(46)13-8-24-52-38-14-7-12-34(29-38)41(32-10-5-4-6-11-32)33-16-20-44(21-17-33)42(49)45-22-18-39-35(30-45)28-37(47)31-53-39/h4-7,10-12,14,29,33,35,39,41H,8-9,13,15-28,30-31H2,1-3H3/t35-,39+,41-/m1/s1. The third-order valence-electron chi connectivity index (χ3n) is 10.4. The Labute approximate surface area is 321 Å². The fraction of sp³-hybridized carbons (Fsp3) is 0.628. The number of fused-ring (bicyclic) bond motifs is 1. The number of hydrogen-bond acceptors (Lipinski definition) is 9. The summed E-state index contributed by atoms with van der Waals surface area (Å²) in [5.74, 6) is 1.46. The number of Topliss-reactive ketones (excluding diaryl/α,β-unsaturated/α-hetero) is 2. The molecule has 0 unspecified atom stereocenters. The van der Waals surface area contributed by atoms with Crippen molar-refractivity contribution in [1.29, 1.82) is 0 Å². The molecule has 54 heavy (non-hydrogen) atoms. The Balaban J connectivity index is 1.01. The largest absolute Gasteiger partial charge is 0.494 e. The zero-order valence-electron chi connectivity index (χ0n) is 32.5. The van der Waals surface area contributed by atoms with E-state index in [-0.39, 0.29) is 48.1 Å². The molecule has 296 valence electrons. The lowest BCUT2D eigenvalue weighted by Crippen LogP contribution is -2.54. The lowest BCUT2D eigenvalue weighted by molar-refractivity contribution is -0.155. The maximum atomic E-state index is 13.6. The number of amides is 2. The normalized spacial score (nSPS) is 19.9. The molecule has 3 atom stereocenters. The lowest BCUT2D eigenvalue weighted by atomic mass is 9.76. The molecular formula is C43H60N2O9. The van der Waals surface area contributed by atoms with Crippen molar-refractivity contribution in [2.45, 2.75) is 96.2 Å². The van der Waals surface area contributed by atoms with Gasteiger partial charge >= 0.3 is 12.0 Å².